The molecule has 0 atom stereocenters. The van der Waals surface area contributed by atoms with Crippen molar-refractivity contribution in [3.05, 3.63) is 33.7 Å². The average Bonchev–Trinajstić information content (AvgIpc) is 2.53. The summed E-state index contributed by atoms with van der Waals surface area (Å²) in [6.07, 6.45) is 0. The molecule has 2 aromatic rings. The van der Waals surface area contributed by atoms with Crippen molar-refractivity contribution in [2.24, 2.45) is 11.0 Å². The number of nitrogens with two attached hydrogens (primary N) is 2. The lowest BCUT2D eigenvalue weighted by Crippen LogP contribution is -2.27. The van der Waals surface area contributed by atoms with Crippen LogP contribution in [0.15, 0.2) is 18.2 Å². The number of aryl methyl sites for hydroxylation is 1. The molecular weight excluding hydrogens is 293 g/mol. The SMILES string of the molecule is Cc1ccc2c(Cl)c(C(=O)NP(N)(N)=O)sc2c1. The van der Waals surface area contributed by atoms with Gasteiger partial charge in [0.1, 0.15) is 4.88 Å². The first kappa shape index (κ1) is 13.5. The van der Waals surface area contributed by atoms with Crippen molar-refractivity contribution in [2.45, 2.75) is 6.92 Å². The van der Waals surface area contributed by atoms with Crippen LogP contribution < -0.4 is 16.1 Å². The van der Waals surface area contributed by atoms with Crippen molar-refractivity contribution < 1.29 is 9.36 Å². The van der Waals surface area contributed by atoms with Crippen LogP contribution in [-0.4, -0.2) is 5.91 Å². The smallest absolute Gasteiger partial charge is 0.278 e. The fraction of sp³-hybridized carbons (Fsp3) is 0.100. The van der Waals surface area contributed by atoms with Crippen molar-refractivity contribution in [3.63, 3.8) is 0 Å². The van der Waals surface area contributed by atoms with Crippen LogP contribution in [0.3, 0.4) is 0 Å². The Labute approximate surface area is 113 Å². The topological polar surface area (TPSA) is 98.2 Å². The monoisotopic (exact) mass is 303 g/mol. The number of carbonyl (C=O) groups excluding carboxylic acids is 1. The predicted molar refractivity (Wildman–Crippen MR) is 75.0 cm³/mol. The van der Waals surface area contributed by atoms with E-state index in [1.807, 2.05) is 30.2 Å². The van der Waals surface area contributed by atoms with Gasteiger partial charge in [-0.25, -0.2) is 0 Å². The Balaban J connectivity index is 2.49. The lowest BCUT2D eigenvalue weighted by Gasteiger charge is -2.07. The highest BCUT2D eigenvalue weighted by Crippen LogP contribution is 2.36. The number of thiophene rings is 1. The largest absolute Gasteiger partial charge is 0.300 e. The molecule has 0 unspecified atom stereocenters. The van der Waals surface area contributed by atoms with E-state index in [0.29, 0.717) is 5.02 Å². The molecule has 2 rings (SSSR count). The van der Waals surface area contributed by atoms with Gasteiger partial charge >= 0.3 is 7.59 Å². The Morgan fingerprint density at radius 1 is 1.44 bits per heavy atom. The molecule has 0 aliphatic rings. The fourth-order valence-corrected chi connectivity index (χ4v) is 3.54. The van der Waals surface area contributed by atoms with Crippen LogP contribution in [0.25, 0.3) is 10.1 Å². The summed E-state index contributed by atoms with van der Waals surface area (Å²) in [5.74, 6) is -0.618. The number of carbonyl (C=O) groups is 1. The minimum absolute atomic E-state index is 0.258. The van der Waals surface area contributed by atoms with Crippen molar-refractivity contribution >= 4 is 46.5 Å². The molecule has 1 aromatic carbocycles. The van der Waals surface area contributed by atoms with Gasteiger partial charge in [-0.2, -0.15) is 0 Å². The maximum absolute atomic E-state index is 11.8. The Morgan fingerprint density at radius 2 is 2.11 bits per heavy atom. The molecule has 0 fully saturated rings. The number of benzene rings is 1. The Hall–Kier alpha value is -0.910. The molecule has 0 spiro atoms. The second kappa shape index (κ2) is 4.64. The van der Waals surface area contributed by atoms with Gasteiger partial charge < -0.3 is 0 Å². The molecule has 0 saturated carbocycles. The first-order chi connectivity index (χ1) is 8.28. The van der Waals surface area contributed by atoms with Crippen LogP contribution in [0.5, 0.6) is 0 Å². The van der Waals surface area contributed by atoms with E-state index in [1.165, 1.54) is 11.3 Å². The van der Waals surface area contributed by atoms with E-state index in [9.17, 15) is 9.36 Å². The van der Waals surface area contributed by atoms with Crippen molar-refractivity contribution in [3.8, 4) is 0 Å². The van der Waals surface area contributed by atoms with Crippen LogP contribution in [0.4, 0.5) is 0 Å². The third kappa shape index (κ3) is 2.74. The Kier molecular flexibility index (Phi) is 3.49. The number of halogens is 1. The van der Waals surface area contributed by atoms with Crippen LogP contribution in [0, 0.1) is 6.92 Å². The molecule has 5 nitrogen and oxygen atoms in total. The van der Waals surface area contributed by atoms with E-state index < -0.39 is 13.5 Å². The molecule has 1 heterocycles. The quantitative estimate of drug-likeness (QED) is 0.743. The lowest BCUT2D eigenvalue weighted by molar-refractivity contribution is 0.0984. The normalized spacial score (nSPS) is 11.8. The molecule has 0 radical (unpaired) electrons. The van der Waals surface area contributed by atoms with Gasteiger partial charge in [-0.15, -0.1) is 11.3 Å². The third-order valence-corrected chi connectivity index (χ3v) is 4.48. The summed E-state index contributed by atoms with van der Waals surface area (Å²) in [7, 11) is -3.61. The van der Waals surface area contributed by atoms with Gasteiger partial charge in [0.2, 0.25) is 0 Å². The van der Waals surface area contributed by atoms with E-state index >= 15 is 0 Å². The molecule has 8 heteroatoms. The summed E-state index contributed by atoms with van der Waals surface area (Å²) in [4.78, 5) is 12.1. The number of nitrogens with one attached hydrogen (secondary N) is 1. The Morgan fingerprint density at radius 3 is 2.72 bits per heavy atom. The van der Waals surface area contributed by atoms with Crippen molar-refractivity contribution in [1.82, 2.24) is 5.09 Å². The number of rotatable bonds is 2. The molecule has 0 aliphatic heterocycles. The summed E-state index contributed by atoms with van der Waals surface area (Å²) in [5.41, 5.74) is 11.3. The number of amides is 1. The molecule has 0 bridgehead atoms. The van der Waals surface area contributed by atoms with E-state index in [1.54, 1.807) is 0 Å². The van der Waals surface area contributed by atoms with Crippen molar-refractivity contribution in [1.29, 1.82) is 0 Å². The second-order valence-electron chi connectivity index (χ2n) is 3.90. The molecule has 96 valence electrons. The van der Waals surface area contributed by atoms with Crippen LogP contribution in [-0.2, 0) is 4.57 Å². The van der Waals surface area contributed by atoms with E-state index in [2.05, 4.69) is 0 Å². The zero-order valence-corrected chi connectivity index (χ0v) is 11.9. The summed E-state index contributed by atoms with van der Waals surface area (Å²) in [5, 5.41) is 3.15. The summed E-state index contributed by atoms with van der Waals surface area (Å²) < 4.78 is 12.0. The predicted octanol–water partition coefficient (Wildman–Crippen LogP) is 2.62. The molecular formula is C10H11ClN3O2PS. The highest BCUT2D eigenvalue weighted by Gasteiger charge is 2.21. The number of fused-ring (bicyclic) bond motifs is 1. The van der Waals surface area contributed by atoms with Crippen molar-refractivity contribution in [2.75, 3.05) is 0 Å². The first-order valence-corrected chi connectivity index (χ1v) is 8.00. The van der Waals surface area contributed by atoms with Gasteiger partial charge in [0, 0.05) is 10.1 Å². The second-order valence-corrected chi connectivity index (χ2v) is 6.97. The molecule has 0 aliphatic carbocycles. The van der Waals surface area contributed by atoms with Crippen LogP contribution >= 0.6 is 30.5 Å². The van der Waals surface area contributed by atoms with E-state index in [0.717, 1.165) is 15.6 Å². The van der Waals surface area contributed by atoms with E-state index in [-0.39, 0.29) is 4.88 Å². The maximum atomic E-state index is 11.8. The minimum Gasteiger partial charge on any atom is -0.278 e. The third-order valence-electron chi connectivity index (χ3n) is 2.27. The highest BCUT2D eigenvalue weighted by molar-refractivity contribution is 7.57. The van der Waals surface area contributed by atoms with Gasteiger partial charge in [0.15, 0.2) is 0 Å². The van der Waals surface area contributed by atoms with Gasteiger partial charge in [0.25, 0.3) is 5.91 Å². The zero-order chi connectivity index (χ0) is 13.5. The fourth-order valence-electron chi connectivity index (χ4n) is 1.53. The van der Waals surface area contributed by atoms with Gasteiger partial charge in [-0.05, 0) is 18.6 Å². The lowest BCUT2D eigenvalue weighted by atomic mass is 10.2. The summed E-state index contributed by atoms with van der Waals surface area (Å²) >= 11 is 7.32. The first-order valence-electron chi connectivity index (χ1n) is 4.96. The summed E-state index contributed by atoms with van der Waals surface area (Å²) in [6, 6.07) is 5.66. The number of hydrogen-bond donors (Lipinski definition) is 3. The van der Waals surface area contributed by atoms with Crippen LogP contribution in [0.2, 0.25) is 5.02 Å². The average molecular weight is 304 g/mol. The molecule has 0 saturated heterocycles. The molecule has 5 N–H and O–H groups in total. The highest BCUT2D eigenvalue weighted by atomic mass is 35.5. The van der Waals surface area contributed by atoms with Crippen LogP contribution in [0.1, 0.15) is 15.2 Å². The summed E-state index contributed by atoms with van der Waals surface area (Å²) in [6.45, 7) is 1.95. The number of hydrogen-bond acceptors (Lipinski definition) is 3. The zero-order valence-electron chi connectivity index (χ0n) is 9.44. The minimum atomic E-state index is -3.61. The molecule has 1 aromatic heterocycles. The van der Waals surface area contributed by atoms with Gasteiger partial charge in [-0.1, -0.05) is 23.7 Å². The molecule has 18 heavy (non-hydrogen) atoms. The maximum Gasteiger partial charge on any atom is 0.300 e. The van der Waals surface area contributed by atoms with E-state index in [4.69, 9.17) is 22.6 Å². The Bertz CT molecular complexity index is 679. The molecule has 1 amide bonds. The van der Waals surface area contributed by atoms with Gasteiger partial charge in [-0.3, -0.25) is 25.5 Å². The van der Waals surface area contributed by atoms with Gasteiger partial charge in [0.05, 0.1) is 5.02 Å². The standard InChI is InChI=1S/C10H11ClN3O2PS/c1-5-2-3-6-7(4-5)18-9(8(6)11)10(15)14-17(12,13)16/h2-4H,1H3,(H5,12,13,14,15,16).